The van der Waals surface area contributed by atoms with Crippen LogP contribution in [0.1, 0.15) is 76.7 Å². The molecule has 1 aliphatic carbocycles. The molecule has 1 unspecified atom stereocenters. The van der Waals surface area contributed by atoms with Gasteiger partial charge >= 0.3 is 0 Å². The third kappa shape index (κ3) is 4.53. The third-order valence-electron chi connectivity index (χ3n) is 7.92. The van der Waals surface area contributed by atoms with Gasteiger partial charge < -0.3 is 0 Å². The predicted molar refractivity (Wildman–Crippen MR) is 131 cm³/mol. The minimum Gasteiger partial charge on any atom is -0.298 e. The molecule has 1 aliphatic heterocycles. The van der Waals surface area contributed by atoms with Gasteiger partial charge in [0.25, 0.3) is 0 Å². The second-order valence-corrected chi connectivity index (χ2v) is 10.3. The Morgan fingerprint density at radius 1 is 1.03 bits per heavy atom. The molecule has 3 heterocycles. The van der Waals surface area contributed by atoms with Crippen LogP contribution in [0.3, 0.4) is 0 Å². The summed E-state index contributed by atoms with van der Waals surface area (Å²) in [4.78, 5) is 9.84. The van der Waals surface area contributed by atoms with Crippen LogP contribution in [0.25, 0.3) is 10.9 Å². The highest BCUT2D eigenvalue weighted by molar-refractivity contribution is 5.79. The van der Waals surface area contributed by atoms with Crippen LogP contribution in [0, 0.1) is 0 Å². The fraction of sp³-hybridized carbons (Fsp3) is 0.615. The second kappa shape index (κ2) is 9.47. The number of aromatic nitrogens is 5. The van der Waals surface area contributed by atoms with E-state index in [9.17, 15) is 0 Å². The topological polar surface area (TPSA) is 63.0 Å². The summed E-state index contributed by atoms with van der Waals surface area (Å²) in [5, 5.41) is 14.4. The molecule has 7 heteroatoms. The Bertz CT molecular complexity index is 1060. The van der Waals surface area contributed by atoms with Gasteiger partial charge in [-0.1, -0.05) is 38.3 Å². The molecular weight excluding hydrogens is 410 g/mol. The van der Waals surface area contributed by atoms with E-state index in [-0.39, 0.29) is 11.6 Å². The first-order chi connectivity index (χ1) is 16.1. The number of hydrogen-bond acceptors (Lipinski definition) is 6. The SMILES string of the molecule is CCC(C)(C)n1nnnc1C(c1ccc2ncccc2c1)N1CCN(C2CCCCC2)CC1. The summed E-state index contributed by atoms with van der Waals surface area (Å²) >= 11 is 0. The van der Waals surface area contributed by atoms with Crippen LogP contribution in [0.2, 0.25) is 0 Å². The number of benzene rings is 1. The first-order valence-electron chi connectivity index (χ1n) is 12.7. The molecule has 2 fully saturated rings. The zero-order valence-corrected chi connectivity index (χ0v) is 20.3. The molecule has 0 radical (unpaired) electrons. The van der Waals surface area contributed by atoms with E-state index in [4.69, 9.17) is 0 Å². The molecular formula is C26H37N7. The number of hydrogen-bond donors (Lipinski definition) is 0. The van der Waals surface area contributed by atoms with Gasteiger partial charge in [-0.3, -0.25) is 14.8 Å². The molecule has 3 aromatic rings. The first-order valence-corrected chi connectivity index (χ1v) is 12.7. The predicted octanol–water partition coefficient (Wildman–Crippen LogP) is 4.41. The van der Waals surface area contributed by atoms with Gasteiger partial charge in [0.15, 0.2) is 5.82 Å². The molecule has 1 saturated carbocycles. The molecule has 176 valence electrons. The molecule has 0 bridgehead atoms. The highest BCUT2D eigenvalue weighted by atomic mass is 15.6. The lowest BCUT2D eigenvalue weighted by Gasteiger charge is -2.43. The van der Waals surface area contributed by atoms with Gasteiger partial charge in [0.05, 0.1) is 17.1 Å². The molecule has 5 rings (SSSR count). The first kappa shape index (κ1) is 22.4. The maximum atomic E-state index is 4.60. The van der Waals surface area contributed by atoms with Crippen LogP contribution < -0.4 is 0 Å². The van der Waals surface area contributed by atoms with Gasteiger partial charge in [-0.05, 0) is 67.3 Å². The monoisotopic (exact) mass is 447 g/mol. The van der Waals surface area contributed by atoms with Gasteiger partial charge in [-0.15, -0.1) is 5.10 Å². The fourth-order valence-electron chi connectivity index (χ4n) is 5.54. The van der Waals surface area contributed by atoms with Gasteiger partial charge in [0, 0.05) is 43.8 Å². The van der Waals surface area contributed by atoms with E-state index in [1.54, 1.807) is 0 Å². The summed E-state index contributed by atoms with van der Waals surface area (Å²) in [7, 11) is 0. The van der Waals surface area contributed by atoms with Crippen LogP contribution in [-0.4, -0.2) is 67.2 Å². The standard InChI is InChI=1S/C26H37N7/c1-4-26(2,3)33-25(28-29-30-33)24(21-12-13-23-20(19-21)9-8-14-27-23)32-17-15-31(16-18-32)22-10-6-5-7-11-22/h8-9,12-14,19,22,24H,4-7,10-11,15-18H2,1-3H3. The highest BCUT2D eigenvalue weighted by Crippen LogP contribution is 2.33. The lowest BCUT2D eigenvalue weighted by atomic mass is 9.93. The number of tetrazole rings is 1. The van der Waals surface area contributed by atoms with E-state index >= 15 is 0 Å². The maximum absolute atomic E-state index is 4.60. The van der Waals surface area contributed by atoms with Crippen LogP contribution in [0.4, 0.5) is 0 Å². The van der Waals surface area contributed by atoms with Crippen LogP contribution in [0.15, 0.2) is 36.5 Å². The molecule has 0 N–H and O–H groups in total. The van der Waals surface area contributed by atoms with Crippen molar-refractivity contribution in [2.45, 2.75) is 76.9 Å². The Morgan fingerprint density at radius 2 is 1.82 bits per heavy atom. The Morgan fingerprint density at radius 3 is 2.58 bits per heavy atom. The summed E-state index contributed by atoms with van der Waals surface area (Å²) in [5.41, 5.74) is 2.12. The molecule has 1 aromatic carbocycles. The highest BCUT2D eigenvalue weighted by Gasteiger charge is 2.35. The number of nitrogens with zero attached hydrogens (tertiary/aromatic N) is 7. The minimum absolute atomic E-state index is 0.0314. The maximum Gasteiger partial charge on any atom is 0.173 e. The van der Waals surface area contributed by atoms with Crippen molar-refractivity contribution in [1.29, 1.82) is 0 Å². The van der Waals surface area contributed by atoms with Gasteiger partial charge in [0.1, 0.15) is 0 Å². The largest absolute Gasteiger partial charge is 0.298 e. The number of pyridine rings is 1. The molecule has 1 saturated heterocycles. The van der Waals surface area contributed by atoms with Crippen LogP contribution in [-0.2, 0) is 5.54 Å². The van der Waals surface area contributed by atoms with Crippen molar-refractivity contribution < 1.29 is 0 Å². The zero-order chi connectivity index (χ0) is 22.8. The summed E-state index contributed by atoms with van der Waals surface area (Å²) < 4.78 is 2.05. The van der Waals surface area contributed by atoms with Crippen molar-refractivity contribution in [3.63, 3.8) is 0 Å². The molecule has 1 atom stereocenters. The quantitative estimate of drug-likeness (QED) is 0.558. The second-order valence-electron chi connectivity index (χ2n) is 10.3. The number of rotatable bonds is 6. The zero-order valence-electron chi connectivity index (χ0n) is 20.3. The molecule has 0 spiro atoms. The van der Waals surface area contributed by atoms with Gasteiger partial charge in [-0.2, -0.15) is 0 Å². The Kier molecular flexibility index (Phi) is 6.43. The van der Waals surface area contributed by atoms with E-state index in [1.807, 2.05) is 12.3 Å². The van der Waals surface area contributed by atoms with E-state index in [2.05, 4.69) is 80.0 Å². The third-order valence-corrected chi connectivity index (χ3v) is 7.92. The Hall–Kier alpha value is -2.38. The number of piperazine rings is 1. The average Bonchev–Trinajstić information content (AvgIpc) is 3.35. The van der Waals surface area contributed by atoms with Crippen molar-refractivity contribution in [3.05, 3.63) is 47.9 Å². The van der Waals surface area contributed by atoms with Crippen molar-refractivity contribution in [2.75, 3.05) is 26.2 Å². The molecule has 0 amide bonds. The van der Waals surface area contributed by atoms with Crippen molar-refractivity contribution in [1.82, 2.24) is 35.0 Å². The van der Waals surface area contributed by atoms with Crippen molar-refractivity contribution in [2.24, 2.45) is 0 Å². The number of fused-ring (bicyclic) bond motifs is 1. The molecule has 7 nitrogen and oxygen atoms in total. The van der Waals surface area contributed by atoms with Crippen molar-refractivity contribution >= 4 is 10.9 Å². The normalized spacial score (nSPS) is 20.3. The molecule has 2 aromatic heterocycles. The van der Waals surface area contributed by atoms with E-state index in [0.29, 0.717) is 0 Å². The Balaban J connectivity index is 1.48. The lowest BCUT2D eigenvalue weighted by molar-refractivity contribution is 0.0606. The average molecular weight is 448 g/mol. The van der Waals surface area contributed by atoms with E-state index in [1.165, 1.54) is 37.7 Å². The van der Waals surface area contributed by atoms with E-state index in [0.717, 1.165) is 55.4 Å². The molecule has 2 aliphatic rings. The minimum atomic E-state index is -0.139. The summed E-state index contributed by atoms with van der Waals surface area (Å²) in [6.07, 6.45) is 9.74. The van der Waals surface area contributed by atoms with Crippen molar-refractivity contribution in [3.8, 4) is 0 Å². The summed E-state index contributed by atoms with van der Waals surface area (Å²) in [5.74, 6) is 0.941. The Labute approximate surface area is 197 Å². The van der Waals surface area contributed by atoms with Gasteiger partial charge in [-0.25, -0.2) is 4.68 Å². The van der Waals surface area contributed by atoms with E-state index < -0.39 is 0 Å². The van der Waals surface area contributed by atoms with Gasteiger partial charge in [0.2, 0.25) is 0 Å². The lowest BCUT2D eigenvalue weighted by Crippen LogP contribution is -2.52. The smallest absolute Gasteiger partial charge is 0.173 e. The van der Waals surface area contributed by atoms with Crippen LogP contribution in [0.5, 0.6) is 0 Å². The van der Waals surface area contributed by atoms with Crippen LogP contribution >= 0.6 is 0 Å². The summed E-state index contributed by atoms with van der Waals surface area (Å²) in [6.45, 7) is 10.9. The summed E-state index contributed by atoms with van der Waals surface area (Å²) in [6, 6.07) is 11.6. The molecule has 33 heavy (non-hydrogen) atoms. The fourth-order valence-corrected chi connectivity index (χ4v) is 5.54.